The van der Waals surface area contributed by atoms with Crippen molar-refractivity contribution in [2.45, 2.75) is 13.5 Å². The summed E-state index contributed by atoms with van der Waals surface area (Å²) in [5.41, 5.74) is 3.75. The summed E-state index contributed by atoms with van der Waals surface area (Å²) in [5.74, 6) is 0.967. The van der Waals surface area contributed by atoms with E-state index in [0.717, 1.165) is 11.3 Å². The number of nitrogens with one attached hydrogen (secondary N) is 1. The molecule has 0 radical (unpaired) electrons. The minimum absolute atomic E-state index is 0.289. The van der Waals surface area contributed by atoms with Crippen LogP contribution in [0.15, 0.2) is 58.2 Å². The second-order valence-electron chi connectivity index (χ2n) is 5.17. The van der Waals surface area contributed by atoms with Gasteiger partial charge in [0.25, 0.3) is 5.91 Å². The molecule has 0 saturated heterocycles. The maximum atomic E-state index is 12.0. The fraction of sp³-hybridized carbons (Fsp3) is 0.118. The van der Waals surface area contributed by atoms with E-state index in [4.69, 9.17) is 16.0 Å². The molecule has 0 aliphatic rings. The van der Waals surface area contributed by atoms with Gasteiger partial charge >= 0.3 is 0 Å². The zero-order valence-corrected chi connectivity index (χ0v) is 13.7. The molecule has 0 atom stereocenters. The highest BCUT2D eigenvalue weighted by atomic mass is 35.5. The largest absolute Gasteiger partial charge is 0.460 e. The van der Waals surface area contributed by atoms with Gasteiger partial charge in [-0.05, 0) is 42.8 Å². The first-order valence-electron chi connectivity index (χ1n) is 7.28. The Morgan fingerprint density at radius 1 is 1.29 bits per heavy atom. The van der Waals surface area contributed by atoms with E-state index in [0.29, 0.717) is 17.3 Å². The standard InChI is InChI=1S/C17H15ClN4O2/c1-12-2-7-15(24-12)10-19-20-17(23)16-8-9-22(21-16)11-13-3-5-14(18)6-4-13/h2-10H,11H2,1H3,(H,20,23)/b19-10+. The molecule has 0 aliphatic heterocycles. The van der Waals surface area contributed by atoms with E-state index < -0.39 is 0 Å². The van der Waals surface area contributed by atoms with E-state index in [1.165, 1.54) is 6.21 Å². The maximum Gasteiger partial charge on any atom is 0.291 e. The Balaban J connectivity index is 1.59. The summed E-state index contributed by atoms with van der Waals surface area (Å²) < 4.78 is 7.00. The van der Waals surface area contributed by atoms with Crippen molar-refractivity contribution in [3.05, 3.63) is 76.5 Å². The van der Waals surface area contributed by atoms with Gasteiger partial charge < -0.3 is 4.42 Å². The quantitative estimate of drug-likeness (QED) is 0.571. The molecule has 1 amide bonds. The Morgan fingerprint density at radius 2 is 2.08 bits per heavy atom. The van der Waals surface area contributed by atoms with Crippen LogP contribution in [0, 0.1) is 6.92 Å². The molecule has 122 valence electrons. The third-order valence-electron chi connectivity index (χ3n) is 3.25. The third-order valence-corrected chi connectivity index (χ3v) is 3.50. The molecule has 0 fully saturated rings. The average Bonchev–Trinajstić information content (AvgIpc) is 3.19. The molecule has 2 aromatic heterocycles. The van der Waals surface area contributed by atoms with Gasteiger partial charge in [0.05, 0.1) is 12.8 Å². The number of hydrogen-bond acceptors (Lipinski definition) is 4. The van der Waals surface area contributed by atoms with Gasteiger partial charge in [0.1, 0.15) is 11.5 Å². The highest BCUT2D eigenvalue weighted by Crippen LogP contribution is 2.10. The summed E-state index contributed by atoms with van der Waals surface area (Å²) in [5, 5.41) is 8.77. The Bertz CT molecular complexity index is 865. The van der Waals surface area contributed by atoms with Gasteiger partial charge in [-0.1, -0.05) is 23.7 Å². The minimum Gasteiger partial charge on any atom is -0.460 e. The van der Waals surface area contributed by atoms with Crippen LogP contribution in [0.4, 0.5) is 0 Å². The molecule has 0 aliphatic carbocycles. The van der Waals surface area contributed by atoms with E-state index in [1.54, 1.807) is 23.0 Å². The lowest BCUT2D eigenvalue weighted by molar-refractivity contribution is 0.0949. The van der Waals surface area contributed by atoms with E-state index in [1.807, 2.05) is 37.3 Å². The lowest BCUT2D eigenvalue weighted by Gasteiger charge is -2.02. The fourth-order valence-corrected chi connectivity index (χ4v) is 2.21. The minimum atomic E-state index is -0.385. The van der Waals surface area contributed by atoms with Crippen LogP contribution < -0.4 is 5.43 Å². The van der Waals surface area contributed by atoms with Gasteiger partial charge in [-0.25, -0.2) is 5.43 Å². The molecule has 1 N–H and O–H groups in total. The summed E-state index contributed by atoms with van der Waals surface area (Å²) >= 11 is 5.86. The number of carbonyl (C=O) groups is 1. The lowest BCUT2D eigenvalue weighted by atomic mass is 10.2. The monoisotopic (exact) mass is 342 g/mol. The van der Waals surface area contributed by atoms with Gasteiger partial charge in [-0.3, -0.25) is 9.48 Å². The molecule has 1 aromatic carbocycles. The van der Waals surface area contributed by atoms with Gasteiger partial charge in [-0.2, -0.15) is 10.2 Å². The lowest BCUT2D eigenvalue weighted by Crippen LogP contribution is -2.18. The Hall–Kier alpha value is -2.86. The molecular formula is C17H15ClN4O2. The van der Waals surface area contributed by atoms with Crippen molar-refractivity contribution in [3.63, 3.8) is 0 Å². The summed E-state index contributed by atoms with van der Waals surface area (Å²) in [7, 11) is 0. The van der Waals surface area contributed by atoms with E-state index >= 15 is 0 Å². The van der Waals surface area contributed by atoms with Crippen LogP contribution in [-0.4, -0.2) is 21.9 Å². The average molecular weight is 343 g/mol. The van der Waals surface area contributed by atoms with E-state index in [2.05, 4.69) is 15.6 Å². The molecule has 3 rings (SSSR count). The van der Waals surface area contributed by atoms with Crippen molar-refractivity contribution in [1.82, 2.24) is 15.2 Å². The number of hydrazone groups is 1. The van der Waals surface area contributed by atoms with Gasteiger partial charge in [0.2, 0.25) is 0 Å². The predicted molar refractivity (Wildman–Crippen MR) is 91.3 cm³/mol. The number of aromatic nitrogens is 2. The number of halogens is 1. The second kappa shape index (κ2) is 7.14. The summed E-state index contributed by atoms with van der Waals surface area (Å²) in [6, 6.07) is 12.7. The molecule has 2 heterocycles. The number of amides is 1. The van der Waals surface area contributed by atoms with Crippen molar-refractivity contribution in [1.29, 1.82) is 0 Å². The first kappa shape index (κ1) is 16.0. The Labute approximate surface area is 143 Å². The van der Waals surface area contributed by atoms with Crippen molar-refractivity contribution < 1.29 is 9.21 Å². The number of hydrogen-bond donors (Lipinski definition) is 1. The zero-order chi connectivity index (χ0) is 16.9. The first-order chi connectivity index (χ1) is 11.6. The molecule has 3 aromatic rings. The number of rotatable bonds is 5. The molecule has 6 nitrogen and oxygen atoms in total. The van der Waals surface area contributed by atoms with Gasteiger partial charge in [0, 0.05) is 11.2 Å². The molecule has 7 heteroatoms. The number of furan rings is 1. The van der Waals surface area contributed by atoms with Crippen LogP contribution in [0.3, 0.4) is 0 Å². The highest BCUT2D eigenvalue weighted by molar-refractivity contribution is 6.30. The maximum absolute atomic E-state index is 12.0. The molecule has 0 bridgehead atoms. The van der Waals surface area contributed by atoms with Crippen LogP contribution in [0.5, 0.6) is 0 Å². The van der Waals surface area contributed by atoms with Crippen LogP contribution in [0.2, 0.25) is 5.02 Å². The Kier molecular flexibility index (Phi) is 4.77. The molecule has 24 heavy (non-hydrogen) atoms. The SMILES string of the molecule is Cc1ccc(/C=N/NC(=O)c2ccn(Cc3ccc(Cl)cc3)n2)o1. The predicted octanol–water partition coefficient (Wildman–Crippen LogP) is 3.25. The normalized spacial score (nSPS) is 11.1. The van der Waals surface area contributed by atoms with E-state index in [-0.39, 0.29) is 11.6 Å². The summed E-state index contributed by atoms with van der Waals surface area (Å²) in [6.07, 6.45) is 3.18. The number of nitrogens with zero attached hydrogens (tertiary/aromatic N) is 3. The van der Waals surface area contributed by atoms with Crippen molar-refractivity contribution in [3.8, 4) is 0 Å². The number of carbonyl (C=O) groups excluding carboxylic acids is 1. The molecule has 0 spiro atoms. The zero-order valence-electron chi connectivity index (χ0n) is 12.9. The summed E-state index contributed by atoms with van der Waals surface area (Å²) in [4.78, 5) is 12.0. The van der Waals surface area contributed by atoms with Crippen molar-refractivity contribution in [2.24, 2.45) is 5.10 Å². The summed E-state index contributed by atoms with van der Waals surface area (Å²) in [6.45, 7) is 2.39. The number of aryl methyl sites for hydroxylation is 1. The second-order valence-corrected chi connectivity index (χ2v) is 5.61. The van der Waals surface area contributed by atoms with Crippen molar-refractivity contribution in [2.75, 3.05) is 0 Å². The molecule has 0 saturated carbocycles. The van der Waals surface area contributed by atoms with Crippen LogP contribution in [0.1, 0.15) is 27.6 Å². The molecule has 0 unspecified atom stereocenters. The fourth-order valence-electron chi connectivity index (χ4n) is 2.08. The van der Waals surface area contributed by atoms with Gasteiger partial charge in [-0.15, -0.1) is 0 Å². The van der Waals surface area contributed by atoms with Crippen LogP contribution in [-0.2, 0) is 6.54 Å². The molecular weight excluding hydrogens is 328 g/mol. The number of benzene rings is 1. The van der Waals surface area contributed by atoms with Crippen LogP contribution in [0.25, 0.3) is 0 Å². The highest BCUT2D eigenvalue weighted by Gasteiger charge is 2.08. The van der Waals surface area contributed by atoms with Gasteiger partial charge in [0.15, 0.2) is 5.69 Å². The first-order valence-corrected chi connectivity index (χ1v) is 7.66. The topological polar surface area (TPSA) is 72.4 Å². The smallest absolute Gasteiger partial charge is 0.291 e. The van der Waals surface area contributed by atoms with E-state index in [9.17, 15) is 4.79 Å². The third kappa shape index (κ3) is 4.11. The Morgan fingerprint density at radius 3 is 2.79 bits per heavy atom. The van der Waals surface area contributed by atoms with Crippen LogP contribution >= 0.6 is 11.6 Å². The van der Waals surface area contributed by atoms with Crippen molar-refractivity contribution >= 4 is 23.7 Å².